The van der Waals surface area contributed by atoms with Crippen LogP contribution in [0.5, 0.6) is 0 Å². The number of nitrogens with zero attached hydrogens (tertiary/aromatic N) is 2. The molecule has 1 fully saturated rings. The van der Waals surface area contributed by atoms with E-state index in [1.165, 1.54) is 14.2 Å². The van der Waals surface area contributed by atoms with Crippen LogP contribution >= 0.6 is 12.2 Å². The van der Waals surface area contributed by atoms with Gasteiger partial charge in [0.2, 0.25) is 5.91 Å². The fourth-order valence-electron chi connectivity index (χ4n) is 4.76. The third kappa shape index (κ3) is 5.45. The van der Waals surface area contributed by atoms with Gasteiger partial charge in [0.1, 0.15) is 24.2 Å². The van der Waals surface area contributed by atoms with E-state index >= 15 is 0 Å². The molecule has 2 aromatic carbocycles. The number of ether oxygens (including phenoxy) is 2. The van der Waals surface area contributed by atoms with Crippen molar-refractivity contribution in [1.29, 1.82) is 0 Å². The van der Waals surface area contributed by atoms with Crippen molar-refractivity contribution in [2.45, 2.75) is 19.0 Å². The van der Waals surface area contributed by atoms with Crippen molar-refractivity contribution >= 4 is 40.6 Å². The summed E-state index contributed by atoms with van der Waals surface area (Å²) in [6, 6.07) is 21.7. The Hall–Kier alpha value is -4.54. The molecule has 0 unspecified atom stereocenters. The van der Waals surface area contributed by atoms with Crippen molar-refractivity contribution in [2.24, 2.45) is 0 Å². The number of thiocarbonyl (C=S) groups is 1. The maximum absolute atomic E-state index is 12.1. The molecule has 40 heavy (non-hydrogen) atoms. The van der Waals surface area contributed by atoms with E-state index < -0.39 is 5.97 Å². The maximum Gasteiger partial charge on any atom is 0.337 e. The number of pyridine rings is 1. The summed E-state index contributed by atoms with van der Waals surface area (Å²) in [5.41, 5.74) is 4.37. The van der Waals surface area contributed by atoms with Gasteiger partial charge in [0, 0.05) is 30.2 Å². The molecule has 9 nitrogen and oxygen atoms in total. The van der Waals surface area contributed by atoms with Gasteiger partial charge in [0.25, 0.3) is 0 Å². The van der Waals surface area contributed by atoms with Crippen LogP contribution in [0.4, 0.5) is 11.4 Å². The van der Waals surface area contributed by atoms with Crippen LogP contribution in [0.1, 0.15) is 39.5 Å². The number of carbonyl (C=O) groups excluding carboxylic acids is 2. The topological polar surface area (TPSA) is 106 Å². The van der Waals surface area contributed by atoms with Gasteiger partial charge in [0.05, 0.1) is 24.4 Å². The number of aryl methyl sites for hydroxylation is 1. The number of aromatic nitrogens is 1. The molecule has 1 aliphatic heterocycles. The van der Waals surface area contributed by atoms with E-state index in [1.807, 2.05) is 66.4 Å². The molecule has 4 aromatic rings. The number of rotatable bonds is 8. The predicted molar refractivity (Wildman–Crippen MR) is 155 cm³/mol. The zero-order valence-electron chi connectivity index (χ0n) is 22.2. The molecule has 2 N–H and O–H groups in total. The molecule has 1 aliphatic rings. The SMILES string of the molecule is COCC(=O)Nc1ccc(N2C(=S)N[C@@H](c3ccccn3)[C@@H]2c2ccc(-c3cccc(C(=O)OC)c3)o2)cc1C. The Labute approximate surface area is 237 Å². The summed E-state index contributed by atoms with van der Waals surface area (Å²) in [7, 11) is 2.83. The molecule has 5 rings (SSSR count). The summed E-state index contributed by atoms with van der Waals surface area (Å²) >= 11 is 5.82. The summed E-state index contributed by atoms with van der Waals surface area (Å²) < 4.78 is 16.2. The molecule has 0 radical (unpaired) electrons. The van der Waals surface area contributed by atoms with Crippen LogP contribution in [0.25, 0.3) is 11.3 Å². The van der Waals surface area contributed by atoms with Crippen LogP contribution in [0.2, 0.25) is 0 Å². The van der Waals surface area contributed by atoms with Gasteiger partial charge in [-0.15, -0.1) is 0 Å². The Morgan fingerprint density at radius 1 is 1.07 bits per heavy atom. The second-order valence-electron chi connectivity index (χ2n) is 9.25. The Morgan fingerprint density at radius 2 is 1.93 bits per heavy atom. The summed E-state index contributed by atoms with van der Waals surface area (Å²) in [5.74, 6) is 0.615. The van der Waals surface area contributed by atoms with E-state index in [0.29, 0.717) is 27.9 Å². The Morgan fingerprint density at radius 3 is 2.65 bits per heavy atom. The van der Waals surface area contributed by atoms with Gasteiger partial charge in [0.15, 0.2) is 5.11 Å². The fourth-order valence-corrected chi connectivity index (χ4v) is 5.11. The van der Waals surface area contributed by atoms with Gasteiger partial charge in [-0.1, -0.05) is 18.2 Å². The lowest BCUT2D eigenvalue weighted by Crippen LogP contribution is -2.29. The Kier molecular flexibility index (Phi) is 7.90. The number of benzene rings is 2. The summed E-state index contributed by atoms with van der Waals surface area (Å²) in [4.78, 5) is 30.7. The minimum Gasteiger partial charge on any atom is -0.465 e. The molecular formula is C30H28N4O5S. The summed E-state index contributed by atoms with van der Waals surface area (Å²) in [6.45, 7) is 1.89. The van der Waals surface area contributed by atoms with Gasteiger partial charge >= 0.3 is 5.97 Å². The molecule has 0 bridgehead atoms. The number of hydrogen-bond acceptors (Lipinski definition) is 7. The van der Waals surface area contributed by atoms with E-state index in [0.717, 1.165) is 22.5 Å². The lowest BCUT2D eigenvalue weighted by molar-refractivity contribution is -0.119. The van der Waals surface area contributed by atoms with E-state index in [1.54, 1.807) is 24.4 Å². The van der Waals surface area contributed by atoms with Gasteiger partial charge in [-0.3, -0.25) is 9.78 Å². The first-order valence-electron chi connectivity index (χ1n) is 12.6. The molecule has 1 amide bonds. The van der Waals surface area contributed by atoms with Crippen LogP contribution in [0, 0.1) is 6.92 Å². The highest BCUT2D eigenvalue weighted by Gasteiger charge is 2.42. The Bertz CT molecular complexity index is 1550. The van der Waals surface area contributed by atoms with Crippen molar-refractivity contribution in [2.75, 3.05) is 31.0 Å². The smallest absolute Gasteiger partial charge is 0.337 e. The number of furan rings is 1. The molecule has 0 aliphatic carbocycles. The largest absolute Gasteiger partial charge is 0.465 e. The first-order chi connectivity index (χ1) is 19.4. The lowest BCUT2D eigenvalue weighted by atomic mass is 10.0. The van der Waals surface area contributed by atoms with Crippen molar-refractivity contribution in [1.82, 2.24) is 10.3 Å². The standard InChI is InChI=1S/C30H28N4O5S/c1-18-15-21(10-11-22(18)32-26(35)17-37-2)34-28(27(33-30(34)40)23-9-4-5-14-31-23)25-13-12-24(39-25)19-7-6-8-20(16-19)29(36)38-3/h4-16,27-28H,17H2,1-3H3,(H,32,35)(H,33,40)/t27-,28-/m0/s1. The molecule has 204 valence electrons. The van der Waals surface area contributed by atoms with Gasteiger partial charge in [-0.2, -0.15) is 0 Å². The van der Waals surface area contributed by atoms with E-state index in [2.05, 4.69) is 15.6 Å². The molecule has 2 aromatic heterocycles. The third-order valence-electron chi connectivity index (χ3n) is 6.62. The average molecular weight is 557 g/mol. The monoisotopic (exact) mass is 556 g/mol. The number of carbonyl (C=O) groups is 2. The van der Waals surface area contributed by atoms with Crippen LogP contribution in [-0.2, 0) is 14.3 Å². The van der Waals surface area contributed by atoms with E-state index in [4.69, 9.17) is 26.1 Å². The quantitative estimate of drug-likeness (QED) is 0.224. The zero-order valence-corrected chi connectivity index (χ0v) is 23.0. The van der Waals surface area contributed by atoms with Gasteiger partial charge < -0.3 is 29.4 Å². The van der Waals surface area contributed by atoms with E-state index in [-0.39, 0.29) is 24.6 Å². The van der Waals surface area contributed by atoms with Crippen molar-refractivity contribution < 1.29 is 23.5 Å². The number of nitrogens with one attached hydrogen (secondary N) is 2. The van der Waals surface area contributed by atoms with Crippen LogP contribution in [0.15, 0.2) is 83.4 Å². The van der Waals surface area contributed by atoms with Crippen molar-refractivity contribution in [3.63, 3.8) is 0 Å². The zero-order chi connectivity index (χ0) is 28.2. The van der Waals surface area contributed by atoms with Crippen LogP contribution in [0.3, 0.4) is 0 Å². The number of esters is 1. The molecule has 2 atom stereocenters. The number of hydrogen-bond donors (Lipinski definition) is 2. The number of anilines is 2. The highest BCUT2D eigenvalue weighted by atomic mass is 32.1. The lowest BCUT2D eigenvalue weighted by Gasteiger charge is -2.26. The molecular weight excluding hydrogens is 528 g/mol. The normalized spacial score (nSPS) is 16.5. The van der Waals surface area contributed by atoms with Crippen LogP contribution < -0.4 is 15.5 Å². The second-order valence-corrected chi connectivity index (χ2v) is 9.64. The Balaban J connectivity index is 1.53. The number of amides is 1. The van der Waals surface area contributed by atoms with Crippen molar-refractivity contribution in [3.8, 4) is 11.3 Å². The van der Waals surface area contributed by atoms with E-state index in [9.17, 15) is 9.59 Å². The predicted octanol–water partition coefficient (Wildman–Crippen LogP) is 5.20. The molecule has 3 heterocycles. The third-order valence-corrected chi connectivity index (χ3v) is 6.94. The highest BCUT2D eigenvalue weighted by molar-refractivity contribution is 7.80. The minimum atomic E-state index is -0.419. The highest BCUT2D eigenvalue weighted by Crippen LogP contribution is 2.43. The van der Waals surface area contributed by atoms with Gasteiger partial charge in [-0.05, 0) is 79.3 Å². The average Bonchev–Trinajstić information content (AvgIpc) is 3.59. The minimum absolute atomic E-state index is 0.0293. The molecule has 0 spiro atoms. The summed E-state index contributed by atoms with van der Waals surface area (Å²) in [6.07, 6.45) is 1.74. The number of methoxy groups -OCH3 is 2. The first kappa shape index (κ1) is 27.0. The van der Waals surface area contributed by atoms with Crippen LogP contribution in [-0.4, -0.2) is 42.8 Å². The van der Waals surface area contributed by atoms with Gasteiger partial charge in [-0.25, -0.2) is 4.79 Å². The molecule has 0 saturated carbocycles. The fraction of sp³-hybridized carbons (Fsp3) is 0.200. The van der Waals surface area contributed by atoms with Crippen molar-refractivity contribution in [3.05, 3.63) is 102 Å². The second kappa shape index (κ2) is 11.7. The molecule has 10 heteroatoms. The first-order valence-corrected chi connectivity index (χ1v) is 13.0. The summed E-state index contributed by atoms with van der Waals surface area (Å²) in [5, 5.41) is 6.80. The maximum atomic E-state index is 12.1. The molecule has 1 saturated heterocycles.